The molecule has 0 saturated heterocycles. The van der Waals surface area contributed by atoms with Gasteiger partial charge in [-0.2, -0.15) is 0 Å². The monoisotopic (exact) mass is 245 g/mol. The van der Waals surface area contributed by atoms with Crippen LogP contribution in [-0.2, 0) is 6.54 Å². The van der Waals surface area contributed by atoms with E-state index < -0.39 is 0 Å². The molecule has 0 aliphatic rings. The van der Waals surface area contributed by atoms with E-state index in [0.29, 0.717) is 30.5 Å². The Hall–Kier alpha value is -2.14. The van der Waals surface area contributed by atoms with Gasteiger partial charge in [-0.15, -0.1) is 0 Å². The minimum absolute atomic E-state index is 0.466. The van der Waals surface area contributed by atoms with E-state index in [4.69, 9.17) is 15.2 Å². The van der Waals surface area contributed by atoms with Gasteiger partial charge in [-0.05, 0) is 24.6 Å². The first-order chi connectivity index (χ1) is 8.83. The predicted octanol–water partition coefficient (Wildman–Crippen LogP) is 2.13. The zero-order valence-corrected chi connectivity index (χ0v) is 10.2. The maximum atomic E-state index is 5.64. The minimum atomic E-state index is 0.466. The number of rotatable bonds is 5. The van der Waals surface area contributed by atoms with Gasteiger partial charge in [0, 0.05) is 18.8 Å². The molecule has 2 N–H and O–H groups in total. The number of ether oxygens (including phenoxy) is 2. The fraction of sp³-hybridized carbons (Fsp3) is 0.231. The van der Waals surface area contributed by atoms with Crippen molar-refractivity contribution in [1.82, 2.24) is 9.97 Å². The summed E-state index contributed by atoms with van der Waals surface area (Å²) >= 11 is 0. The second kappa shape index (κ2) is 5.97. The van der Waals surface area contributed by atoms with Crippen molar-refractivity contribution in [3.8, 4) is 17.4 Å². The van der Waals surface area contributed by atoms with Crippen molar-refractivity contribution in [3.05, 3.63) is 42.4 Å². The second-order valence-electron chi connectivity index (χ2n) is 3.57. The summed E-state index contributed by atoms with van der Waals surface area (Å²) in [4.78, 5) is 7.84. The first-order valence-electron chi connectivity index (χ1n) is 5.73. The Morgan fingerprint density at radius 2 is 2.11 bits per heavy atom. The molecule has 94 valence electrons. The van der Waals surface area contributed by atoms with Crippen molar-refractivity contribution in [2.24, 2.45) is 5.73 Å². The molecule has 0 saturated carbocycles. The maximum absolute atomic E-state index is 5.64. The van der Waals surface area contributed by atoms with Crippen LogP contribution in [0, 0.1) is 0 Å². The predicted molar refractivity (Wildman–Crippen MR) is 67.6 cm³/mol. The van der Waals surface area contributed by atoms with Crippen molar-refractivity contribution >= 4 is 0 Å². The Kier molecular flexibility index (Phi) is 4.09. The molecule has 0 atom stereocenters. The lowest BCUT2D eigenvalue weighted by molar-refractivity contribution is 0.319. The van der Waals surface area contributed by atoms with Gasteiger partial charge in [0.05, 0.1) is 6.61 Å². The van der Waals surface area contributed by atoms with Gasteiger partial charge in [0.15, 0.2) is 11.5 Å². The van der Waals surface area contributed by atoms with E-state index in [1.807, 2.05) is 25.1 Å². The number of nitrogens with zero attached hydrogens (tertiary/aromatic N) is 2. The van der Waals surface area contributed by atoms with Crippen LogP contribution in [0.2, 0.25) is 0 Å². The SMILES string of the molecule is CCOc1cc(CN)ccc1Oc1ccncn1. The highest BCUT2D eigenvalue weighted by Crippen LogP contribution is 2.31. The van der Waals surface area contributed by atoms with E-state index in [1.165, 1.54) is 6.33 Å². The summed E-state index contributed by atoms with van der Waals surface area (Å²) in [6.45, 7) is 2.95. The van der Waals surface area contributed by atoms with E-state index in [-0.39, 0.29) is 0 Å². The van der Waals surface area contributed by atoms with Crippen LogP contribution in [0.5, 0.6) is 17.4 Å². The molecule has 0 unspecified atom stereocenters. The van der Waals surface area contributed by atoms with Crippen molar-refractivity contribution in [1.29, 1.82) is 0 Å². The van der Waals surface area contributed by atoms with Gasteiger partial charge in [-0.25, -0.2) is 9.97 Å². The van der Waals surface area contributed by atoms with E-state index in [9.17, 15) is 0 Å². The molecule has 0 aliphatic heterocycles. The molecule has 0 spiro atoms. The third-order valence-corrected chi connectivity index (χ3v) is 2.31. The average Bonchev–Trinajstić information content (AvgIpc) is 2.42. The maximum Gasteiger partial charge on any atom is 0.222 e. The minimum Gasteiger partial charge on any atom is -0.490 e. The molecule has 0 radical (unpaired) electrons. The molecule has 5 nitrogen and oxygen atoms in total. The topological polar surface area (TPSA) is 70.3 Å². The zero-order chi connectivity index (χ0) is 12.8. The summed E-state index contributed by atoms with van der Waals surface area (Å²) in [5.74, 6) is 1.76. The second-order valence-corrected chi connectivity index (χ2v) is 3.57. The van der Waals surface area contributed by atoms with Gasteiger partial charge in [-0.1, -0.05) is 6.07 Å². The Morgan fingerprint density at radius 1 is 1.22 bits per heavy atom. The lowest BCUT2D eigenvalue weighted by Gasteiger charge is -2.11. The molecule has 0 aliphatic carbocycles. The van der Waals surface area contributed by atoms with Gasteiger partial charge in [0.1, 0.15) is 6.33 Å². The summed E-state index contributed by atoms with van der Waals surface area (Å²) in [6, 6.07) is 7.29. The van der Waals surface area contributed by atoms with E-state index in [1.54, 1.807) is 12.3 Å². The van der Waals surface area contributed by atoms with Gasteiger partial charge in [0.25, 0.3) is 0 Å². The Balaban J connectivity index is 2.26. The fourth-order valence-corrected chi connectivity index (χ4v) is 1.48. The molecule has 0 fully saturated rings. The largest absolute Gasteiger partial charge is 0.490 e. The zero-order valence-electron chi connectivity index (χ0n) is 10.2. The van der Waals surface area contributed by atoms with Crippen molar-refractivity contribution in [3.63, 3.8) is 0 Å². The molecule has 5 heteroatoms. The Labute approximate surface area is 106 Å². The first-order valence-corrected chi connectivity index (χ1v) is 5.73. The van der Waals surface area contributed by atoms with Crippen LogP contribution in [0.1, 0.15) is 12.5 Å². The number of aromatic nitrogens is 2. The van der Waals surface area contributed by atoms with Crippen LogP contribution < -0.4 is 15.2 Å². The molecule has 18 heavy (non-hydrogen) atoms. The Bertz CT molecular complexity index is 503. The Morgan fingerprint density at radius 3 is 2.78 bits per heavy atom. The van der Waals surface area contributed by atoms with Gasteiger partial charge in [0.2, 0.25) is 5.88 Å². The van der Waals surface area contributed by atoms with Crippen molar-refractivity contribution in [2.75, 3.05) is 6.61 Å². The molecule has 1 aromatic heterocycles. The van der Waals surface area contributed by atoms with Gasteiger partial charge in [-0.3, -0.25) is 0 Å². The highest BCUT2D eigenvalue weighted by atomic mass is 16.5. The molecule has 1 aromatic carbocycles. The quantitative estimate of drug-likeness (QED) is 0.873. The highest BCUT2D eigenvalue weighted by Gasteiger charge is 2.07. The average molecular weight is 245 g/mol. The lowest BCUT2D eigenvalue weighted by atomic mass is 10.2. The summed E-state index contributed by atoms with van der Waals surface area (Å²) in [5.41, 5.74) is 6.59. The van der Waals surface area contributed by atoms with E-state index >= 15 is 0 Å². The highest BCUT2D eigenvalue weighted by molar-refractivity contribution is 5.44. The number of benzene rings is 1. The van der Waals surface area contributed by atoms with Crippen molar-refractivity contribution in [2.45, 2.75) is 13.5 Å². The fourth-order valence-electron chi connectivity index (χ4n) is 1.48. The molecule has 0 amide bonds. The molecule has 0 bridgehead atoms. The number of nitrogens with two attached hydrogens (primary N) is 1. The summed E-state index contributed by atoms with van der Waals surface area (Å²) in [7, 11) is 0. The summed E-state index contributed by atoms with van der Waals surface area (Å²) in [6.07, 6.45) is 3.06. The summed E-state index contributed by atoms with van der Waals surface area (Å²) < 4.78 is 11.2. The van der Waals surface area contributed by atoms with E-state index in [2.05, 4.69) is 9.97 Å². The summed E-state index contributed by atoms with van der Waals surface area (Å²) in [5, 5.41) is 0. The van der Waals surface area contributed by atoms with Crippen LogP contribution in [0.3, 0.4) is 0 Å². The molecule has 2 rings (SSSR count). The van der Waals surface area contributed by atoms with Gasteiger partial charge < -0.3 is 15.2 Å². The standard InChI is InChI=1S/C13H15N3O2/c1-2-17-12-7-10(8-14)3-4-11(12)18-13-5-6-15-9-16-13/h3-7,9H,2,8,14H2,1H3. The third-order valence-electron chi connectivity index (χ3n) is 2.31. The first kappa shape index (κ1) is 12.3. The molecule has 1 heterocycles. The van der Waals surface area contributed by atoms with Crippen molar-refractivity contribution < 1.29 is 9.47 Å². The van der Waals surface area contributed by atoms with Gasteiger partial charge >= 0.3 is 0 Å². The smallest absolute Gasteiger partial charge is 0.222 e. The van der Waals surface area contributed by atoms with Crippen LogP contribution in [0.15, 0.2) is 36.8 Å². The normalized spacial score (nSPS) is 10.1. The molecule has 2 aromatic rings. The van der Waals surface area contributed by atoms with Crippen LogP contribution in [0.4, 0.5) is 0 Å². The number of hydrogen-bond acceptors (Lipinski definition) is 5. The lowest BCUT2D eigenvalue weighted by Crippen LogP contribution is -2.00. The third kappa shape index (κ3) is 2.95. The number of hydrogen-bond donors (Lipinski definition) is 1. The molecular weight excluding hydrogens is 230 g/mol. The van der Waals surface area contributed by atoms with Crippen LogP contribution >= 0.6 is 0 Å². The van der Waals surface area contributed by atoms with Crippen LogP contribution in [0.25, 0.3) is 0 Å². The van der Waals surface area contributed by atoms with E-state index in [0.717, 1.165) is 5.56 Å². The molecular formula is C13H15N3O2. The van der Waals surface area contributed by atoms with Crippen LogP contribution in [-0.4, -0.2) is 16.6 Å².